The molecule has 124 valence electrons. The minimum atomic E-state index is -0.185. The summed E-state index contributed by atoms with van der Waals surface area (Å²) in [6.45, 7) is 0.481. The zero-order valence-corrected chi connectivity index (χ0v) is 13.0. The molecule has 8 heteroatoms. The number of anilines is 1. The SMILES string of the molecule is NCCc1ccc(O)c(C(=O)CCc2nc(N)c3[nH]cnc3n2)c1. The van der Waals surface area contributed by atoms with Crippen LogP contribution in [0.1, 0.15) is 28.2 Å². The summed E-state index contributed by atoms with van der Waals surface area (Å²) in [7, 11) is 0. The molecule has 0 aliphatic rings. The van der Waals surface area contributed by atoms with E-state index in [0.29, 0.717) is 42.2 Å². The molecule has 6 N–H and O–H groups in total. The van der Waals surface area contributed by atoms with E-state index in [0.717, 1.165) is 5.56 Å². The topological polar surface area (TPSA) is 144 Å². The summed E-state index contributed by atoms with van der Waals surface area (Å²) in [5, 5.41) is 9.91. The molecule has 24 heavy (non-hydrogen) atoms. The van der Waals surface area contributed by atoms with Crippen LogP contribution >= 0.6 is 0 Å². The fourth-order valence-electron chi connectivity index (χ4n) is 2.50. The van der Waals surface area contributed by atoms with E-state index in [-0.39, 0.29) is 23.5 Å². The largest absolute Gasteiger partial charge is 0.507 e. The molecular weight excluding hydrogens is 308 g/mol. The lowest BCUT2D eigenvalue weighted by molar-refractivity contribution is 0.0979. The molecular formula is C16H18N6O2. The van der Waals surface area contributed by atoms with Crippen LogP contribution in [0.3, 0.4) is 0 Å². The van der Waals surface area contributed by atoms with Gasteiger partial charge in [0.1, 0.15) is 17.1 Å². The first-order valence-electron chi connectivity index (χ1n) is 7.59. The molecule has 0 atom stereocenters. The number of aromatic hydroxyl groups is 1. The first-order valence-corrected chi connectivity index (χ1v) is 7.59. The molecule has 0 spiro atoms. The minimum Gasteiger partial charge on any atom is -0.507 e. The van der Waals surface area contributed by atoms with Crippen molar-refractivity contribution in [3.63, 3.8) is 0 Å². The average Bonchev–Trinajstić information content (AvgIpc) is 3.04. The third-order valence-electron chi connectivity index (χ3n) is 3.73. The Morgan fingerprint density at radius 3 is 2.88 bits per heavy atom. The third kappa shape index (κ3) is 3.18. The molecule has 3 rings (SSSR count). The summed E-state index contributed by atoms with van der Waals surface area (Å²) >= 11 is 0. The summed E-state index contributed by atoms with van der Waals surface area (Å²) in [4.78, 5) is 27.7. The Bertz CT molecular complexity index is 889. The fraction of sp³-hybridized carbons (Fsp3) is 0.250. The molecule has 0 aliphatic carbocycles. The predicted molar refractivity (Wildman–Crippen MR) is 89.6 cm³/mol. The number of H-pyrrole nitrogens is 1. The number of imidazole rings is 1. The van der Waals surface area contributed by atoms with Crippen LogP contribution in [0.4, 0.5) is 5.82 Å². The van der Waals surface area contributed by atoms with Crippen LogP contribution in [0, 0.1) is 0 Å². The van der Waals surface area contributed by atoms with Gasteiger partial charge in [0.2, 0.25) is 0 Å². The lowest BCUT2D eigenvalue weighted by Crippen LogP contribution is -2.07. The lowest BCUT2D eigenvalue weighted by Gasteiger charge is -2.07. The number of benzene rings is 1. The molecule has 2 aromatic heterocycles. The van der Waals surface area contributed by atoms with Crippen LogP contribution in [0.25, 0.3) is 11.2 Å². The molecule has 3 aromatic rings. The van der Waals surface area contributed by atoms with Crippen molar-refractivity contribution >= 4 is 22.8 Å². The van der Waals surface area contributed by atoms with E-state index in [1.54, 1.807) is 12.1 Å². The van der Waals surface area contributed by atoms with E-state index < -0.39 is 0 Å². The number of carbonyl (C=O) groups excluding carboxylic acids is 1. The molecule has 8 nitrogen and oxygen atoms in total. The smallest absolute Gasteiger partial charge is 0.183 e. The zero-order valence-electron chi connectivity index (χ0n) is 13.0. The summed E-state index contributed by atoms with van der Waals surface area (Å²) in [5.41, 5.74) is 13.6. The van der Waals surface area contributed by atoms with Gasteiger partial charge in [0, 0.05) is 12.8 Å². The number of phenolic OH excluding ortho intramolecular Hbond substituents is 1. The van der Waals surface area contributed by atoms with Gasteiger partial charge in [-0.05, 0) is 30.7 Å². The summed E-state index contributed by atoms with van der Waals surface area (Å²) < 4.78 is 0. The second kappa shape index (κ2) is 6.63. The number of nitrogen functional groups attached to an aromatic ring is 1. The second-order valence-corrected chi connectivity index (χ2v) is 5.44. The number of aromatic amines is 1. The van der Waals surface area contributed by atoms with Gasteiger partial charge < -0.3 is 21.6 Å². The van der Waals surface area contributed by atoms with Crippen LogP contribution in [0.2, 0.25) is 0 Å². The Balaban J connectivity index is 1.76. The second-order valence-electron chi connectivity index (χ2n) is 5.44. The maximum atomic E-state index is 12.4. The van der Waals surface area contributed by atoms with Crippen molar-refractivity contribution in [3.8, 4) is 5.75 Å². The summed E-state index contributed by atoms with van der Waals surface area (Å²) in [5.74, 6) is 0.519. The van der Waals surface area contributed by atoms with Crippen LogP contribution in [0.15, 0.2) is 24.5 Å². The Morgan fingerprint density at radius 1 is 1.25 bits per heavy atom. The average molecular weight is 326 g/mol. The van der Waals surface area contributed by atoms with Gasteiger partial charge in [-0.25, -0.2) is 15.0 Å². The van der Waals surface area contributed by atoms with E-state index in [2.05, 4.69) is 19.9 Å². The highest BCUT2D eigenvalue weighted by Crippen LogP contribution is 2.21. The zero-order chi connectivity index (χ0) is 17.1. The number of fused-ring (bicyclic) bond motifs is 1. The van der Waals surface area contributed by atoms with Gasteiger partial charge in [-0.2, -0.15) is 0 Å². The monoisotopic (exact) mass is 326 g/mol. The van der Waals surface area contributed by atoms with Crippen molar-refractivity contribution in [3.05, 3.63) is 41.5 Å². The number of nitrogens with two attached hydrogens (primary N) is 2. The van der Waals surface area contributed by atoms with Crippen LogP contribution in [-0.4, -0.2) is 37.4 Å². The molecule has 0 radical (unpaired) electrons. The maximum Gasteiger partial charge on any atom is 0.183 e. The van der Waals surface area contributed by atoms with E-state index >= 15 is 0 Å². The van der Waals surface area contributed by atoms with Crippen LogP contribution < -0.4 is 11.5 Å². The number of nitrogens with one attached hydrogen (secondary N) is 1. The van der Waals surface area contributed by atoms with Crippen molar-refractivity contribution in [2.24, 2.45) is 5.73 Å². The molecule has 0 saturated carbocycles. The fourth-order valence-corrected chi connectivity index (χ4v) is 2.50. The van der Waals surface area contributed by atoms with Crippen molar-refractivity contribution in [1.29, 1.82) is 0 Å². The number of hydrogen-bond donors (Lipinski definition) is 4. The number of ketones is 1. The van der Waals surface area contributed by atoms with Gasteiger partial charge in [0.25, 0.3) is 0 Å². The summed E-state index contributed by atoms with van der Waals surface area (Å²) in [6.07, 6.45) is 2.61. The first kappa shape index (κ1) is 15.9. The van der Waals surface area contributed by atoms with Gasteiger partial charge in [-0.1, -0.05) is 6.07 Å². The number of aromatic nitrogens is 4. The van der Waals surface area contributed by atoms with Crippen LogP contribution in [-0.2, 0) is 12.8 Å². The molecule has 0 fully saturated rings. The Morgan fingerprint density at radius 2 is 2.08 bits per heavy atom. The molecule has 0 saturated heterocycles. The Hall–Kier alpha value is -3.00. The Kier molecular flexibility index (Phi) is 4.39. The van der Waals surface area contributed by atoms with E-state index in [1.807, 2.05) is 0 Å². The molecule has 0 unspecified atom stereocenters. The number of aryl methyl sites for hydroxylation is 1. The van der Waals surface area contributed by atoms with Crippen molar-refractivity contribution < 1.29 is 9.90 Å². The number of nitrogens with zero attached hydrogens (tertiary/aromatic N) is 3. The molecule has 0 amide bonds. The van der Waals surface area contributed by atoms with Gasteiger partial charge in [0.15, 0.2) is 17.2 Å². The molecule has 0 bridgehead atoms. The number of carbonyl (C=O) groups is 1. The highest BCUT2D eigenvalue weighted by atomic mass is 16.3. The minimum absolute atomic E-state index is 0.0380. The van der Waals surface area contributed by atoms with Crippen LogP contribution in [0.5, 0.6) is 5.75 Å². The van der Waals surface area contributed by atoms with Gasteiger partial charge >= 0.3 is 0 Å². The maximum absolute atomic E-state index is 12.4. The molecule has 2 heterocycles. The number of hydrogen-bond acceptors (Lipinski definition) is 7. The van der Waals surface area contributed by atoms with Crippen molar-refractivity contribution in [1.82, 2.24) is 19.9 Å². The highest BCUT2D eigenvalue weighted by Gasteiger charge is 2.14. The predicted octanol–water partition coefficient (Wildman–Crippen LogP) is 0.957. The number of Topliss-reactive ketones (excluding diaryl/α,β-unsaturated/α-hetero) is 1. The number of phenols is 1. The van der Waals surface area contributed by atoms with Crippen molar-refractivity contribution in [2.45, 2.75) is 19.3 Å². The van der Waals surface area contributed by atoms with E-state index in [9.17, 15) is 9.90 Å². The van der Waals surface area contributed by atoms with E-state index in [1.165, 1.54) is 12.4 Å². The third-order valence-corrected chi connectivity index (χ3v) is 3.73. The quantitative estimate of drug-likeness (QED) is 0.494. The van der Waals surface area contributed by atoms with Gasteiger partial charge in [-0.15, -0.1) is 0 Å². The van der Waals surface area contributed by atoms with Gasteiger partial charge in [0.05, 0.1) is 11.9 Å². The number of rotatable bonds is 6. The standard InChI is InChI=1S/C16H18N6O2/c17-6-5-9-1-2-11(23)10(7-9)12(24)3-4-13-21-15(18)14-16(22-13)20-8-19-14/h1-2,7-8,23H,3-6,17H2,(H3,18,19,20,21,22). The molecule has 0 aliphatic heterocycles. The van der Waals surface area contributed by atoms with Crippen molar-refractivity contribution in [2.75, 3.05) is 12.3 Å². The van der Waals surface area contributed by atoms with E-state index in [4.69, 9.17) is 11.5 Å². The summed E-state index contributed by atoms with van der Waals surface area (Å²) in [6, 6.07) is 4.95. The highest BCUT2D eigenvalue weighted by molar-refractivity contribution is 5.98. The normalized spacial score (nSPS) is 11.0. The first-order chi connectivity index (χ1) is 11.6. The van der Waals surface area contributed by atoms with Gasteiger partial charge in [-0.3, -0.25) is 4.79 Å². The lowest BCUT2D eigenvalue weighted by atomic mass is 10.0. The molecule has 1 aromatic carbocycles. The Labute approximate surface area is 137 Å².